The summed E-state index contributed by atoms with van der Waals surface area (Å²) < 4.78 is 27.1. The third-order valence-electron chi connectivity index (χ3n) is 5.77. The zero-order chi connectivity index (χ0) is 23.9. The van der Waals surface area contributed by atoms with E-state index in [1.807, 2.05) is 37.3 Å². The number of halogens is 1. The Balaban J connectivity index is 1.70. The van der Waals surface area contributed by atoms with Crippen molar-refractivity contribution >= 4 is 6.03 Å². The van der Waals surface area contributed by atoms with Crippen LogP contribution in [0.2, 0.25) is 0 Å². The molecule has 3 aromatic rings. The standard InChI is InChI=1S/C26H31FN4O3/c1-3-15-28-26(32)31(17-22-10-7-16-33-22)18-23-24(19-8-5-4-6-9-19)29-30(2)25(23)34-21-13-11-20(27)12-14-21/h4-6,8-9,11-14,22H,3,7,10,15-18H2,1-2H3,(H,28,32)/t22-/m0/s1. The van der Waals surface area contributed by atoms with Gasteiger partial charge in [-0.25, -0.2) is 13.9 Å². The van der Waals surface area contributed by atoms with Gasteiger partial charge in [-0.2, -0.15) is 5.10 Å². The highest BCUT2D eigenvalue weighted by molar-refractivity contribution is 5.75. The fraction of sp³-hybridized carbons (Fsp3) is 0.385. The van der Waals surface area contributed by atoms with Crippen LogP contribution in [-0.2, 0) is 18.3 Å². The highest BCUT2D eigenvalue weighted by Crippen LogP contribution is 2.34. The van der Waals surface area contributed by atoms with E-state index in [1.165, 1.54) is 12.1 Å². The van der Waals surface area contributed by atoms with E-state index in [4.69, 9.17) is 14.6 Å². The fourth-order valence-electron chi connectivity index (χ4n) is 4.05. The highest BCUT2D eigenvalue weighted by atomic mass is 19.1. The lowest BCUT2D eigenvalue weighted by molar-refractivity contribution is 0.0793. The molecule has 0 aliphatic carbocycles. The summed E-state index contributed by atoms with van der Waals surface area (Å²) in [6, 6.07) is 15.5. The summed E-state index contributed by atoms with van der Waals surface area (Å²) in [7, 11) is 1.80. The second-order valence-electron chi connectivity index (χ2n) is 8.43. The van der Waals surface area contributed by atoms with Gasteiger partial charge in [0.2, 0.25) is 5.88 Å². The molecule has 2 heterocycles. The van der Waals surface area contributed by atoms with Gasteiger partial charge < -0.3 is 19.7 Å². The lowest BCUT2D eigenvalue weighted by Crippen LogP contribution is -2.43. The number of aryl methyl sites for hydroxylation is 1. The van der Waals surface area contributed by atoms with Crippen LogP contribution in [0.5, 0.6) is 11.6 Å². The number of ether oxygens (including phenoxy) is 2. The Labute approximate surface area is 199 Å². The first-order valence-electron chi connectivity index (χ1n) is 11.7. The van der Waals surface area contributed by atoms with Crippen molar-refractivity contribution in [1.82, 2.24) is 20.0 Å². The number of aromatic nitrogens is 2. The number of hydrogen-bond acceptors (Lipinski definition) is 4. The molecule has 0 spiro atoms. The second kappa shape index (κ2) is 11.2. The van der Waals surface area contributed by atoms with Gasteiger partial charge in [-0.05, 0) is 43.5 Å². The molecule has 1 aliphatic heterocycles. The van der Waals surface area contributed by atoms with Gasteiger partial charge in [-0.1, -0.05) is 37.3 Å². The maximum Gasteiger partial charge on any atom is 0.317 e. The first kappa shape index (κ1) is 23.8. The minimum Gasteiger partial charge on any atom is -0.439 e. The first-order chi connectivity index (χ1) is 16.5. The molecule has 180 valence electrons. The number of rotatable bonds is 9. The Morgan fingerprint density at radius 2 is 2.00 bits per heavy atom. The molecule has 2 aromatic carbocycles. The maximum atomic E-state index is 13.4. The van der Waals surface area contributed by atoms with E-state index in [0.29, 0.717) is 31.3 Å². The Kier molecular flexibility index (Phi) is 7.80. The first-order valence-corrected chi connectivity index (χ1v) is 11.7. The molecule has 8 heteroatoms. The summed E-state index contributed by atoms with van der Waals surface area (Å²) in [4.78, 5) is 14.9. The van der Waals surface area contributed by atoms with Crippen LogP contribution in [0.25, 0.3) is 11.3 Å². The maximum absolute atomic E-state index is 13.4. The molecule has 2 amide bonds. The molecule has 1 saturated heterocycles. The van der Waals surface area contributed by atoms with Gasteiger partial charge in [0, 0.05) is 32.3 Å². The fourth-order valence-corrected chi connectivity index (χ4v) is 4.05. The molecule has 1 fully saturated rings. The van der Waals surface area contributed by atoms with Crippen molar-refractivity contribution in [3.63, 3.8) is 0 Å². The van der Waals surface area contributed by atoms with E-state index in [9.17, 15) is 9.18 Å². The van der Waals surface area contributed by atoms with Gasteiger partial charge >= 0.3 is 6.03 Å². The predicted octanol–water partition coefficient (Wildman–Crippen LogP) is 5.12. The Morgan fingerprint density at radius 1 is 1.24 bits per heavy atom. The highest BCUT2D eigenvalue weighted by Gasteiger charge is 2.27. The Bertz CT molecular complexity index is 1080. The van der Waals surface area contributed by atoms with Gasteiger partial charge in [0.1, 0.15) is 17.3 Å². The number of urea groups is 1. The average molecular weight is 467 g/mol. The zero-order valence-electron chi connectivity index (χ0n) is 19.7. The third-order valence-corrected chi connectivity index (χ3v) is 5.77. The summed E-state index contributed by atoms with van der Waals surface area (Å²) in [5.41, 5.74) is 2.44. The molecule has 1 atom stereocenters. The van der Waals surface area contributed by atoms with Crippen molar-refractivity contribution in [3.8, 4) is 22.9 Å². The van der Waals surface area contributed by atoms with E-state index in [0.717, 1.165) is 42.7 Å². The molecule has 1 aliphatic rings. The van der Waals surface area contributed by atoms with Crippen molar-refractivity contribution in [2.45, 2.75) is 38.8 Å². The van der Waals surface area contributed by atoms with Crippen molar-refractivity contribution in [2.75, 3.05) is 19.7 Å². The van der Waals surface area contributed by atoms with Crippen molar-refractivity contribution < 1.29 is 18.7 Å². The van der Waals surface area contributed by atoms with Gasteiger partial charge in [0.25, 0.3) is 0 Å². The van der Waals surface area contributed by atoms with Crippen LogP contribution in [0.15, 0.2) is 54.6 Å². The average Bonchev–Trinajstić information content (AvgIpc) is 3.47. The number of amides is 2. The van der Waals surface area contributed by atoms with Crippen LogP contribution in [0.1, 0.15) is 31.7 Å². The van der Waals surface area contributed by atoms with Crippen LogP contribution >= 0.6 is 0 Å². The van der Waals surface area contributed by atoms with Crippen molar-refractivity contribution in [1.29, 1.82) is 0 Å². The van der Waals surface area contributed by atoms with Crippen LogP contribution in [0, 0.1) is 5.82 Å². The molecule has 0 bridgehead atoms. The minimum absolute atomic E-state index is 0.00527. The molecule has 4 rings (SSSR count). The zero-order valence-corrected chi connectivity index (χ0v) is 19.7. The summed E-state index contributed by atoms with van der Waals surface area (Å²) in [6.07, 6.45) is 2.77. The minimum atomic E-state index is -0.335. The number of benzene rings is 2. The van der Waals surface area contributed by atoms with E-state index < -0.39 is 0 Å². The quantitative estimate of drug-likeness (QED) is 0.475. The SMILES string of the molecule is CCCNC(=O)N(Cc1c(-c2ccccc2)nn(C)c1Oc1ccc(F)cc1)C[C@@H]1CCCO1. The van der Waals surface area contributed by atoms with Crippen molar-refractivity contribution in [3.05, 3.63) is 66.0 Å². The summed E-state index contributed by atoms with van der Waals surface area (Å²) in [6.45, 7) is 4.11. The number of carbonyl (C=O) groups is 1. The lowest BCUT2D eigenvalue weighted by atomic mass is 10.1. The van der Waals surface area contributed by atoms with E-state index in [-0.39, 0.29) is 18.0 Å². The van der Waals surface area contributed by atoms with Gasteiger partial charge in [-0.15, -0.1) is 0 Å². The number of carbonyl (C=O) groups excluding carboxylic acids is 1. The number of hydrogen-bond donors (Lipinski definition) is 1. The van der Waals surface area contributed by atoms with Crippen LogP contribution in [0.3, 0.4) is 0 Å². The van der Waals surface area contributed by atoms with E-state index in [1.54, 1.807) is 28.8 Å². The smallest absolute Gasteiger partial charge is 0.317 e. The van der Waals surface area contributed by atoms with Gasteiger partial charge in [0.15, 0.2) is 0 Å². The molecule has 1 aromatic heterocycles. The Morgan fingerprint density at radius 3 is 2.68 bits per heavy atom. The second-order valence-corrected chi connectivity index (χ2v) is 8.43. The molecule has 7 nitrogen and oxygen atoms in total. The third kappa shape index (κ3) is 5.75. The van der Waals surface area contributed by atoms with Crippen LogP contribution in [-0.4, -0.2) is 46.5 Å². The van der Waals surface area contributed by atoms with Crippen LogP contribution in [0.4, 0.5) is 9.18 Å². The van der Waals surface area contributed by atoms with Crippen LogP contribution < -0.4 is 10.1 Å². The largest absolute Gasteiger partial charge is 0.439 e. The topological polar surface area (TPSA) is 68.6 Å². The normalized spacial score (nSPS) is 15.3. The van der Waals surface area contributed by atoms with Gasteiger partial charge in [0.05, 0.1) is 18.2 Å². The van der Waals surface area contributed by atoms with E-state index in [2.05, 4.69) is 5.32 Å². The Hall–Kier alpha value is -3.39. The molecule has 0 unspecified atom stereocenters. The number of nitrogens with zero attached hydrogens (tertiary/aromatic N) is 3. The summed E-state index contributed by atoms with van der Waals surface area (Å²) in [5.74, 6) is 0.662. The molecule has 0 saturated carbocycles. The predicted molar refractivity (Wildman–Crippen MR) is 128 cm³/mol. The molecule has 0 radical (unpaired) electrons. The lowest BCUT2D eigenvalue weighted by Gasteiger charge is -2.26. The van der Waals surface area contributed by atoms with Crippen molar-refractivity contribution in [2.24, 2.45) is 7.05 Å². The monoisotopic (exact) mass is 466 g/mol. The molecular weight excluding hydrogens is 435 g/mol. The number of nitrogens with one attached hydrogen (secondary N) is 1. The summed E-state index contributed by atoms with van der Waals surface area (Å²) >= 11 is 0. The molecular formula is C26H31FN4O3. The van der Waals surface area contributed by atoms with E-state index >= 15 is 0 Å². The van der Waals surface area contributed by atoms with Gasteiger partial charge in [-0.3, -0.25) is 0 Å². The summed E-state index contributed by atoms with van der Waals surface area (Å²) in [5, 5.41) is 7.72. The molecule has 34 heavy (non-hydrogen) atoms. The molecule has 1 N–H and O–H groups in total.